The number of fused-ring (bicyclic) bond motifs is 1. The van der Waals surface area contributed by atoms with Crippen molar-refractivity contribution in [3.63, 3.8) is 0 Å². The van der Waals surface area contributed by atoms with Gasteiger partial charge in [-0.25, -0.2) is 0 Å². The summed E-state index contributed by atoms with van der Waals surface area (Å²) in [5.74, 6) is -0.501. The first-order chi connectivity index (χ1) is 8.56. The van der Waals surface area contributed by atoms with E-state index in [0.29, 0.717) is 11.1 Å². The highest BCUT2D eigenvalue weighted by Crippen LogP contribution is 2.22. The van der Waals surface area contributed by atoms with Gasteiger partial charge in [0.25, 0.3) is 0 Å². The van der Waals surface area contributed by atoms with Crippen molar-refractivity contribution in [2.75, 3.05) is 7.05 Å². The lowest BCUT2D eigenvalue weighted by molar-refractivity contribution is -0.141. The van der Waals surface area contributed by atoms with Crippen LogP contribution in [0.3, 0.4) is 0 Å². The molecule has 1 aliphatic heterocycles. The number of likely N-dealkylation sites (N-methyl/N-ethyl adjacent to an activating group) is 1. The lowest BCUT2D eigenvalue weighted by Crippen LogP contribution is -2.32. The molecule has 0 bridgehead atoms. The minimum Gasteiger partial charge on any atom is -0.392 e. The summed E-state index contributed by atoms with van der Waals surface area (Å²) in [6, 6.07) is 3.40. The van der Waals surface area contributed by atoms with Crippen molar-refractivity contribution in [2.24, 2.45) is 0 Å². The Morgan fingerprint density at radius 1 is 1.00 bits per heavy atom. The average Bonchev–Trinajstić information content (AvgIpc) is 2.47. The van der Waals surface area contributed by atoms with E-state index in [1.807, 2.05) is 0 Å². The molecular formula is C13H15NO4. The molecule has 0 saturated heterocycles. The smallest absolute Gasteiger partial charge is 0.233 e. The van der Waals surface area contributed by atoms with Crippen LogP contribution in [0.1, 0.15) is 22.3 Å². The Labute approximate surface area is 105 Å². The van der Waals surface area contributed by atoms with E-state index in [0.717, 1.165) is 16.0 Å². The lowest BCUT2D eigenvalue weighted by atomic mass is 9.96. The van der Waals surface area contributed by atoms with E-state index < -0.39 is 0 Å². The van der Waals surface area contributed by atoms with E-state index in [1.54, 1.807) is 12.1 Å². The zero-order chi connectivity index (χ0) is 13.3. The van der Waals surface area contributed by atoms with Crippen molar-refractivity contribution in [1.29, 1.82) is 0 Å². The van der Waals surface area contributed by atoms with Gasteiger partial charge in [0, 0.05) is 7.05 Å². The minimum atomic E-state index is -0.251. The van der Waals surface area contributed by atoms with Gasteiger partial charge >= 0.3 is 0 Å². The summed E-state index contributed by atoms with van der Waals surface area (Å²) in [6.45, 7) is -0.387. The molecule has 2 amide bonds. The zero-order valence-electron chi connectivity index (χ0n) is 10.1. The number of aliphatic hydroxyl groups is 2. The molecule has 1 aromatic rings. The van der Waals surface area contributed by atoms with Gasteiger partial charge in [-0.2, -0.15) is 0 Å². The summed E-state index contributed by atoms with van der Waals surface area (Å²) < 4.78 is 0. The number of hydrogen-bond acceptors (Lipinski definition) is 4. The minimum absolute atomic E-state index is 0.149. The van der Waals surface area contributed by atoms with E-state index in [1.165, 1.54) is 7.05 Å². The van der Waals surface area contributed by atoms with Crippen LogP contribution in [0.5, 0.6) is 0 Å². The maximum atomic E-state index is 11.7. The Morgan fingerprint density at radius 3 is 1.72 bits per heavy atom. The number of aliphatic hydroxyl groups excluding tert-OH is 2. The van der Waals surface area contributed by atoms with Gasteiger partial charge in [-0.1, -0.05) is 12.1 Å². The number of hydrogen-bond donors (Lipinski definition) is 2. The van der Waals surface area contributed by atoms with Crippen molar-refractivity contribution in [2.45, 2.75) is 26.1 Å². The first-order valence-electron chi connectivity index (χ1n) is 5.71. The number of benzene rings is 1. The lowest BCUT2D eigenvalue weighted by Gasteiger charge is -2.10. The molecule has 0 aliphatic carbocycles. The van der Waals surface area contributed by atoms with Crippen molar-refractivity contribution in [3.8, 4) is 0 Å². The van der Waals surface area contributed by atoms with E-state index in [9.17, 15) is 19.8 Å². The molecule has 0 spiro atoms. The Kier molecular flexibility index (Phi) is 3.45. The van der Waals surface area contributed by atoms with Gasteiger partial charge in [-0.3, -0.25) is 14.5 Å². The third-order valence-corrected chi connectivity index (χ3v) is 3.29. The summed E-state index contributed by atoms with van der Waals surface area (Å²) >= 11 is 0. The van der Waals surface area contributed by atoms with Crippen LogP contribution in [0.25, 0.3) is 0 Å². The normalized spacial score (nSPS) is 15.6. The van der Waals surface area contributed by atoms with Crippen molar-refractivity contribution < 1.29 is 19.8 Å². The zero-order valence-corrected chi connectivity index (χ0v) is 10.1. The molecule has 0 radical (unpaired) electrons. The summed E-state index contributed by atoms with van der Waals surface area (Å²) in [7, 11) is 1.47. The van der Waals surface area contributed by atoms with E-state index in [-0.39, 0.29) is 37.9 Å². The summed E-state index contributed by atoms with van der Waals surface area (Å²) in [6.07, 6.45) is 0.298. The number of imide groups is 1. The van der Waals surface area contributed by atoms with Crippen LogP contribution in [0.15, 0.2) is 12.1 Å². The van der Waals surface area contributed by atoms with Gasteiger partial charge in [0.15, 0.2) is 0 Å². The van der Waals surface area contributed by atoms with Crippen LogP contribution in [0.2, 0.25) is 0 Å². The van der Waals surface area contributed by atoms with E-state index in [2.05, 4.69) is 0 Å². The fourth-order valence-corrected chi connectivity index (χ4v) is 2.12. The predicted octanol–water partition coefficient (Wildman–Crippen LogP) is -0.245. The second kappa shape index (κ2) is 4.88. The van der Waals surface area contributed by atoms with Crippen molar-refractivity contribution >= 4 is 11.8 Å². The van der Waals surface area contributed by atoms with Crippen LogP contribution < -0.4 is 0 Å². The molecule has 1 aliphatic rings. The molecule has 2 N–H and O–H groups in total. The summed E-state index contributed by atoms with van der Waals surface area (Å²) in [4.78, 5) is 24.6. The van der Waals surface area contributed by atoms with Crippen LogP contribution >= 0.6 is 0 Å². The molecule has 1 aromatic carbocycles. The molecule has 5 nitrogen and oxygen atoms in total. The molecule has 2 rings (SSSR count). The molecule has 5 heteroatoms. The maximum absolute atomic E-state index is 11.7. The predicted molar refractivity (Wildman–Crippen MR) is 63.5 cm³/mol. The van der Waals surface area contributed by atoms with Crippen LogP contribution in [0, 0.1) is 0 Å². The van der Waals surface area contributed by atoms with Crippen molar-refractivity contribution in [3.05, 3.63) is 34.4 Å². The molecule has 0 aromatic heterocycles. The quantitative estimate of drug-likeness (QED) is 0.709. The molecule has 0 atom stereocenters. The van der Waals surface area contributed by atoms with E-state index >= 15 is 0 Å². The second-order valence-corrected chi connectivity index (χ2v) is 4.41. The molecule has 0 unspecified atom stereocenters. The number of carbonyl (C=O) groups is 2. The van der Waals surface area contributed by atoms with Crippen LogP contribution in [-0.4, -0.2) is 34.0 Å². The number of nitrogens with zero attached hydrogens (tertiary/aromatic N) is 1. The molecule has 96 valence electrons. The number of amides is 2. The SMILES string of the molecule is CN1C(=O)Cc2cc(CO)c(CO)cc2CC1=O. The first-order valence-corrected chi connectivity index (χ1v) is 5.71. The van der Waals surface area contributed by atoms with Gasteiger partial charge in [0.2, 0.25) is 11.8 Å². The van der Waals surface area contributed by atoms with Crippen LogP contribution in [-0.2, 0) is 35.6 Å². The standard InChI is InChI=1S/C13H15NO4/c1-14-12(17)4-8-2-10(6-15)11(7-16)3-9(8)5-13(14)18/h2-3,15-16H,4-7H2,1H3. The second-order valence-electron chi connectivity index (χ2n) is 4.41. The Bertz CT molecular complexity index is 465. The monoisotopic (exact) mass is 249 g/mol. The fraction of sp³-hybridized carbons (Fsp3) is 0.385. The summed E-state index contributed by atoms with van der Waals surface area (Å²) in [5.41, 5.74) is 2.69. The van der Waals surface area contributed by atoms with Gasteiger partial charge in [-0.15, -0.1) is 0 Å². The maximum Gasteiger partial charge on any atom is 0.233 e. The number of rotatable bonds is 2. The molecular weight excluding hydrogens is 234 g/mol. The van der Waals surface area contributed by atoms with E-state index in [4.69, 9.17) is 0 Å². The Hall–Kier alpha value is -1.72. The molecule has 0 fully saturated rings. The third kappa shape index (κ3) is 2.14. The van der Waals surface area contributed by atoms with Crippen LogP contribution in [0.4, 0.5) is 0 Å². The van der Waals surface area contributed by atoms with Gasteiger partial charge in [0.1, 0.15) is 0 Å². The molecule has 1 heterocycles. The highest BCUT2D eigenvalue weighted by atomic mass is 16.3. The highest BCUT2D eigenvalue weighted by Gasteiger charge is 2.24. The molecule has 18 heavy (non-hydrogen) atoms. The third-order valence-electron chi connectivity index (χ3n) is 3.29. The van der Waals surface area contributed by atoms with Gasteiger partial charge in [0.05, 0.1) is 26.1 Å². The van der Waals surface area contributed by atoms with Gasteiger partial charge in [-0.05, 0) is 22.3 Å². The summed E-state index contributed by atoms with van der Waals surface area (Å²) in [5, 5.41) is 18.4. The Morgan fingerprint density at radius 2 is 1.39 bits per heavy atom. The topological polar surface area (TPSA) is 77.8 Å². The fourth-order valence-electron chi connectivity index (χ4n) is 2.12. The first kappa shape index (κ1) is 12.7. The highest BCUT2D eigenvalue weighted by molar-refractivity contribution is 5.98. The van der Waals surface area contributed by atoms with Gasteiger partial charge < -0.3 is 10.2 Å². The Balaban J connectivity index is 2.50. The van der Waals surface area contributed by atoms with Crippen molar-refractivity contribution in [1.82, 2.24) is 4.90 Å². The molecule has 0 saturated carbocycles. The average molecular weight is 249 g/mol. The number of carbonyl (C=O) groups excluding carboxylic acids is 2. The largest absolute Gasteiger partial charge is 0.392 e.